The van der Waals surface area contributed by atoms with Crippen LogP contribution in [0, 0.1) is 0 Å². The van der Waals surface area contributed by atoms with Crippen LogP contribution in [0.25, 0.3) is 12.2 Å². The van der Waals surface area contributed by atoms with E-state index in [9.17, 15) is 19.1 Å². The van der Waals surface area contributed by atoms with Crippen molar-refractivity contribution >= 4 is 36.9 Å². The Labute approximate surface area is 195 Å². The van der Waals surface area contributed by atoms with Crippen molar-refractivity contribution in [2.45, 2.75) is 0 Å². The lowest BCUT2D eigenvalue weighted by atomic mass is 9.94. The van der Waals surface area contributed by atoms with E-state index < -0.39 is 7.60 Å². The summed E-state index contributed by atoms with van der Waals surface area (Å²) in [6.07, 6.45) is 3.50. The van der Waals surface area contributed by atoms with E-state index in [0.29, 0.717) is 24.2 Å². The van der Waals surface area contributed by atoms with E-state index >= 15 is 0 Å². The molecule has 0 radical (unpaired) electrons. The van der Waals surface area contributed by atoms with Crippen LogP contribution < -0.4 is 9.80 Å². The summed E-state index contributed by atoms with van der Waals surface area (Å²) in [5.74, 6) is -0.0317. The number of anilines is 2. The van der Waals surface area contributed by atoms with Crippen LogP contribution in [0.2, 0.25) is 0 Å². The first-order valence-corrected chi connectivity index (χ1v) is 12.6. The summed E-state index contributed by atoms with van der Waals surface area (Å²) < 4.78 is 11.4. The highest BCUT2D eigenvalue weighted by molar-refractivity contribution is 7.51. The van der Waals surface area contributed by atoms with Crippen molar-refractivity contribution in [3.63, 3.8) is 0 Å². The average molecular weight is 470 g/mol. The zero-order chi connectivity index (χ0) is 24.2. The van der Waals surface area contributed by atoms with Gasteiger partial charge in [-0.3, -0.25) is 14.3 Å². The molecule has 2 N–H and O–H groups in total. The summed E-state index contributed by atoms with van der Waals surface area (Å²) >= 11 is 0. The SMILES string of the molecule is CN(C)c1ccc(/C=C2\CN(CCP(=O)(O)O)C/C(=C\c3ccc(N(C)C)cc3)C2=O)cc1. The average Bonchev–Trinajstić information content (AvgIpc) is 2.75. The predicted octanol–water partition coefficient (Wildman–Crippen LogP) is 3.35. The van der Waals surface area contributed by atoms with Crippen LogP contribution in [0.5, 0.6) is 0 Å². The molecule has 1 heterocycles. The molecule has 7 nitrogen and oxygen atoms in total. The van der Waals surface area contributed by atoms with E-state index in [0.717, 1.165) is 22.5 Å². The number of benzene rings is 2. The second-order valence-corrected chi connectivity index (χ2v) is 10.5. The summed E-state index contributed by atoms with van der Waals surface area (Å²) in [4.78, 5) is 37.9. The van der Waals surface area contributed by atoms with Gasteiger partial charge in [0.2, 0.25) is 0 Å². The molecule has 0 unspecified atom stereocenters. The Balaban J connectivity index is 1.91. The molecule has 1 fully saturated rings. The van der Waals surface area contributed by atoms with Gasteiger partial charge in [0.25, 0.3) is 0 Å². The van der Waals surface area contributed by atoms with Crippen LogP contribution in [0.1, 0.15) is 11.1 Å². The second kappa shape index (κ2) is 10.5. The Hall–Kier alpha value is -2.70. The Morgan fingerprint density at radius 2 is 1.21 bits per heavy atom. The standard InChI is InChI=1S/C25H32N3O4P/c1-26(2)23-9-5-19(6-10-23)15-21-17-28(13-14-33(30,31)32)18-22(25(21)29)16-20-7-11-24(12-8-20)27(3)4/h5-12,15-16H,13-14,17-18H2,1-4H3,(H2,30,31,32)/b21-15+,22-16+. The molecule has 1 aliphatic rings. The highest BCUT2D eigenvalue weighted by Gasteiger charge is 2.27. The number of piperidine rings is 1. The third-order valence-electron chi connectivity index (χ3n) is 5.58. The highest BCUT2D eigenvalue weighted by atomic mass is 31.2. The second-order valence-electron chi connectivity index (χ2n) is 8.74. The minimum absolute atomic E-state index is 0.0317. The molecule has 0 saturated carbocycles. The van der Waals surface area contributed by atoms with Crippen LogP contribution in [0.15, 0.2) is 59.7 Å². The Kier molecular flexibility index (Phi) is 7.92. The molecule has 0 aliphatic carbocycles. The maximum atomic E-state index is 13.3. The van der Waals surface area contributed by atoms with E-state index in [-0.39, 0.29) is 18.5 Å². The molecule has 0 aromatic heterocycles. The van der Waals surface area contributed by atoms with Crippen molar-refractivity contribution in [3.8, 4) is 0 Å². The molecule has 1 aliphatic heterocycles. The van der Waals surface area contributed by atoms with Crippen LogP contribution in [-0.2, 0) is 9.36 Å². The zero-order valence-corrected chi connectivity index (χ0v) is 20.5. The minimum Gasteiger partial charge on any atom is -0.378 e. The molecule has 3 rings (SSSR count). The fraction of sp³-hybridized carbons (Fsp3) is 0.320. The summed E-state index contributed by atoms with van der Waals surface area (Å²) in [6, 6.07) is 15.8. The van der Waals surface area contributed by atoms with Gasteiger partial charge in [-0.15, -0.1) is 0 Å². The fourth-order valence-electron chi connectivity index (χ4n) is 3.68. The quantitative estimate of drug-likeness (QED) is 0.475. The molecular formula is C25H32N3O4P. The van der Waals surface area contributed by atoms with Crippen molar-refractivity contribution in [3.05, 3.63) is 70.8 Å². The molecule has 2 aromatic carbocycles. The zero-order valence-electron chi connectivity index (χ0n) is 19.6. The monoisotopic (exact) mass is 469 g/mol. The third-order valence-corrected chi connectivity index (χ3v) is 6.36. The molecule has 1 saturated heterocycles. The first-order chi connectivity index (χ1) is 15.5. The lowest BCUT2D eigenvalue weighted by molar-refractivity contribution is -0.113. The number of nitrogens with zero attached hydrogens (tertiary/aromatic N) is 3. The molecule has 0 atom stereocenters. The van der Waals surface area contributed by atoms with E-state index in [1.807, 2.05) is 104 Å². The van der Waals surface area contributed by atoms with Gasteiger partial charge in [0.15, 0.2) is 5.78 Å². The first-order valence-electron chi connectivity index (χ1n) is 10.8. The number of ketones is 1. The van der Waals surface area contributed by atoms with Crippen molar-refractivity contribution < 1.29 is 19.1 Å². The molecular weight excluding hydrogens is 437 g/mol. The van der Waals surface area contributed by atoms with Gasteiger partial charge in [-0.1, -0.05) is 24.3 Å². The van der Waals surface area contributed by atoms with Crippen molar-refractivity contribution in [2.75, 3.05) is 63.8 Å². The normalized spacial score (nSPS) is 17.6. The fourth-order valence-corrected chi connectivity index (χ4v) is 4.22. The topological polar surface area (TPSA) is 84.3 Å². The van der Waals surface area contributed by atoms with Crippen LogP contribution in [0.4, 0.5) is 11.4 Å². The number of carbonyl (C=O) groups is 1. The predicted molar refractivity (Wildman–Crippen MR) is 136 cm³/mol. The number of Topliss-reactive ketones (excluding diaryl/α,β-unsaturated/α-hetero) is 1. The maximum Gasteiger partial charge on any atom is 0.326 e. The molecule has 0 spiro atoms. The van der Waals surface area contributed by atoms with E-state index in [1.165, 1.54) is 0 Å². The summed E-state index contributed by atoms with van der Waals surface area (Å²) in [5, 5.41) is 0. The van der Waals surface area contributed by atoms with Crippen LogP contribution in [-0.4, -0.2) is 74.5 Å². The van der Waals surface area contributed by atoms with Crippen molar-refractivity contribution in [2.24, 2.45) is 0 Å². The van der Waals surface area contributed by atoms with Gasteiger partial charge in [-0.2, -0.15) is 0 Å². The smallest absolute Gasteiger partial charge is 0.326 e. The Bertz CT molecular complexity index is 1010. The van der Waals surface area contributed by atoms with Crippen LogP contribution >= 0.6 is 7.60 Å². The minimum atomic E-state index is -4.12. The number of hydrogen-bond donors (Lipinski definition) is 2. The third kappa shape index (κ3) is 7.14. The maximum absolute atomic E-state index is 13.3. The van der Waals surface area contributed by atoms with Gasteiger partial charge in [0.1, 0.15) is 0 Å². The van der Waals surface area contributed by atoms with Crippen LogP contribution in [0.3, 0.4) is 0 Å². The van der Waals surface area contributed by atoms with E-state index in [1.54, 1.807) is 0 Å². The van der Waals surface area contributed by atoms with Gasteiger partial charge < -0.3 is 19.6 Å². The molecule has 0 amide bonds. The summed E-state index contributed by atoms with van der Waals surface area (Å²) in [5.41, 5.74) is 5.18. The number of likely N-dealkylation sites (tertiary alicyclic amines) is 1. The Morgan fingerprint density at radius 3 is 1.55 bits per heavy atom. The summed E-state index contributed by atoms with van der Waals surface area (Å²) in [6.45, 7) is 0.918. The van der Waals surface area contributed by atoms with Crippen molar-refractivity contribution in [1.29, 1.82) is 0 Å². The van der Waals surface area contributed by atoms with Gasteiger partial charge in [-0.05, 0) is 47.5 Å². The summed E-state index contributed by atoms with van der Waals surface area (Å²) in [7, 11) is 3.76. The highest BCUT2D eigenvalue weighted by Crippen LogP contribution is 2.34. The number of rotatable bonds is 7. The number of hydrogen-bond acceptors (Lipinski definition) is 5. The Morgan fingerprint density at radius 1 is 0.818 bits per heavy atom. The van der Waals surface area contributed by atoms with E-state index in [2.05, 4.69) is 0 Å². The van der Waals surface area contributed by atoms with Crippen molar-refractivity contribution in [1.82, 2.24) is 4.90 Å². The van der Waals surface area contributed by atoms with Gasteiger partial charge in [0.05, 0.1) is 6.16 Å². The van der Waals surface area contributed by atoms with Gasteiger partial charge >= 0.3 is 7.60 Å². The molecule has 2 aromatic rings. The molecule has 176 valence electrons. The lowest BCUT2D eigenvalue weighted by Crippen LogP contribution is -2.39. The molecule has 33 heavy (non-hydrogen) atoms. The van der Waals surface area contributed by atoms with Gasteiger partial charge in [-0.25, -0.2) is 0 Å². The largest absolute Gasteiger partial charge is 0.378 e. The van der Waals surface area contributed by atoms with E-state index in [4.69, 9.17) is 0 Å². The first kappa shape index (κ1) is 24.9. The lowest BCUT2D eigenvalue weighted by Gasteiger charge is -2.30. The molecule has 0 bridgehead atoms. The number of carbonyl (C=O) groups excluding carboxylic acids is 1. The molecule has 8 heteroatoms. The van der Waals surface area contributed by atoms with Gasteiger partial charge in [0, 0.05) is 70.3 Å².